The molecular weight excluding hydrogens is 538 g/mol. The van der Waals surface area contributed by atoms with Gasteiger partial charge in [0.15, 0.2) is 6.10 Å². The van der Waals surface area contributed by atoms with Gasteiger partial charge in [-0.2, -0.15) is 0 Å². The summed E-state index contributed by atoms with van der Waals surface area (Å²) in [6.45, 7) is 9.06. The van der Waals surface area contributed by atoms with E-state index in [1.165, 1.54) is 12.1 Å². The molecule has 2 aromatic rings. The summed E-state index contributed by atoms with van der Waals surface area (Å²) in [6.07, 6.45) is 3.53. The van der Waals surface area contributed by atoms with Crippen molar-refractivity contribution in [1.29, 1.82) is 0 Å². The molecule has 1 aromatic carbocycles. The van der Waals surface area contributed by atoms with Crippen molar-refractivity contribution < 1.29 is 28.7 Å². The molecule has 42 heavy (non-hydrogen) atoms. The predicted molar refractivity (Wildman–Crippen MR) is 158 cm³/mol. The van der Waals surface area contributed by atoms with Gasteiger partial charge in [-0.25, -0.2) is 5.43 Å². The molecular formula is C31H41N5O6. The Morgan fingerprint density at radius 2 is 1.79 bits per heavy atom. The summed E-state index contributed by atoms with van der Waals surface area (Å²) < 4.78 is 11.1. The summed E-state index contributed by atoms with van der Waals surface area (Å²) in [5, 5.41) is 8.01. The molecule has 11 heteroatoms. The highest BCUT2D eigenvalue weighted by atomic mass is 16.6. The minimum Gasteiger partial charge on any atom is -0.451 e. The second-order valence-electron chi connectivity index (χ2n) is 11.7. The number of carbonyl (C=O) groups excluding carboxylic acids is 4. The minimum absolute atomic E-state index is 0.0264. The summed E-state index contributed by atoms with van der Waals surface area (Å²) in [4.78, 5) is 58.0. The molecule has 5 bridgehead atoms. The Kier molecular flexibility index (Phi) is 9.63. The largest absolute Gasteiger partial charge is 0.451 e. The van der Waals surface area contributed by atoms with Crippen LogP contribution in [0.4, 0.5) is 0 Å². The first-order chi connectivity index (χ1) is 19.9. The van der Waals surface area contributed by atoms with Crippen LogP contribution in [0.2, 0.25) is 0 Å². The Morgan fingerprint density at radius 1 is 1.07 bits per heavy atom. The molecule has 226 valence electrons. The van der Waals surface area contributed by atoms with Gasteiger partial charge >= 0.3 is 5.97 Å². The van der Waals surface area contributed by atoms with Crippen LogP contribution in [-0.4, -0.2) is 72.1 Å². The van der Waals surface area contributed by atoms with Crippen LogP contribution in [0.3, 0.4) is 0 Å². The quantitative estimate of drug-likeness (QED) is 0.472. The number of cyclic esters (lactones) is 1. The standard InChI is InChI=1S/C31H41N5O6/c1-18(2)26-28(38)33-20(4)29(39)36-15-7-8-24(35-36)27(37)32-19(3)23-12-11-22-10-9-21(16-25(22)34-23)13-14-31(5,17-41-6)30(40)42-26/h9-14,16,18-20,24,26,35H,7-8,15,17H2,1-6H3,(H,32,37)(H,33,38)/t19-,20+,24+,26+,31-/m1/s1. The molecule has 5 atom stereocenters. The van der Waals surface area contributed by atoms with Crippen molar-refractivity contribution in [2.24, 2.45) is 11.3 Å². The highest BCUT2D eigenvalue weighted by Gasteiger charge is 2.38. The van der Waals surface area contributed by atoms with Gasteiger partial charge in [0.25, 0.3) is 11.8 Å². The van der Waals surface area contributed by atoms with Gasteiger partial charge in [0, 0.05) is 19.0 Å². The molecule has 11 nitrogen and oxygen atoms in total. The van der Waals surface area contributed by atoms with E-state index in [4.69, 9.17) is 14.5 Å². The van der Waals surface area contributed by atoms with Crippen LogP contribution in [0.5, 0.6) is 0 Å². The molecule has 1 saturated heterocycles. The van der Waals surface area contributed by atoms with Crippen LogP contribution in [0.15, 0.2) is 36.4 Å². The summed E-state index contributed by atoms with van der Waals surface area (Å²) in [7, 11) is 1.49. The van der Waals surface area contributed by atoms with Gasteiger partial charge in [0.05, 0.1) is 23.9 Å². The SMILES string of the molecule is COC[C@@]1(C)C=Cc2ccc3ccc(nc3c2)[C@@H](C)NC(=O)[C@@H]2CCCN(N2)C(=O)[C@H](C)NC(=O)[C@H](C(C)C)OC1=O. The van der Waals surface area contributed by atoms with Gasteiger partial charge in [-0.3, -0.25) is 29.2 Å². The number of esters is 1. The van der Waals surface area contributed by atoms with Crippen molar-refractivity contribution in [3.05, 3.63) is 47.7 Å². The second-order valence-corrected chi connectivity index (χ2v) is 11.7. The monoisotopic (exact) mass is 579 g/mol. The van der Waals surface area contributed by atoms with Crippen molar-refractivity contribution in [2.45, 2.75) is 71.7 Å². The number of hydrogen-bond acceptors (Lipinski definition) is 8. The van der Waals surface area contributed by atoms with Gasteiger partial charge in [-0.15, -0.1) is 0 Å². The van der Waals surface area contributed by atoms with Gasteiger partial charge in [0.1, 0.15) is 17.5 Å². The lowest BCUT2D eigenvalue weighted by atomic mass is 9.90. The number of hydrogen-bond donors (Lipinski definition) is 3. The lowest BCUT2D eigenvalue weighted by Crippen LogP contribution is -2.61. The van der Waals surface area contributed by atoms with Crippen molar-refractivity contribution >= 4 is 40.7 Å². The molecule has 0 saturated carbocycles. The van der Waals surface area contributed by atoms with Gasteiger partial charge in [-0.05, 0) is 57.2 Å². The van der Waals surface area contributed by atoms with E-state index in [0.717, 1.165) is 16.5 Å². The first-order valence-electron chi connectivity index (χ1n) is 14.4. The number of pyridine rings is 1. The second kappa shape index (κ2) is 13.0. The minimum atomic E-state index is -1.20. The van der Waals surface area contributed by atoms with Gasteiger partial charge in [0.2, 0.25) is 5.91 Å². The highest BCUT2D eigenvalue weighted by Crippen LogP contribution is 2.26. The average Bonchev–Trinajstić information content (AvgIpc) is 2.97. The molecule has 1 aromatic heterocycles. The third kappa shape index (κ3) is 6.96. The summed E-state index contributed by atoms with van der Waals surface area (Å²) in [6, 6.07) is 7.67. The maximum atomic E-state index is 13.5. The zero-order valence-corrected chi connectivity index (χ0v) is 25.1. The number of hydrazine groups is 1. The van der Waals surface area contributed by atoms with Crippen LogP contribution in [-0.2, 0) is 28.7 Å². The molecule has 3 amide bonds. The number of aromatic nitrogens is 1. The van der Waals surface area contributed by atoms with E-state index in [-0.39, 0.29) is 24.5 Å². The van der Waals surface area contributed by atoms with Crippen molar-refractivity contribution in [2.75, 3.05) is 20.3 Å². The fourth-order valence-electron chi connectivity index (χ4n) is 5.11. The topological polar surface area (TPSA) is 139 Å². The van der Waals surface area contributed by atoms with Gasteiger partial charge in [-0.1, -0.05) is 44.2 Å². The maximum absolute atomic E-state index is 13.5. The number of nitrogens with one attached hydrogen (secondary N) is 3. The van der Waals surface area contributed by atoms with Crippen LogP contribution in [0.1, 0.15) is 64.8 Å². The van der Waals surface area contributed by atoms with Crippen LogP contribution in [0, 0.1) is 11.3 Å². The molecule has 2 aliphatic heterocycles. The van der Waals surface area contributed by atoms with E-state index < -0.39 is 41.4 Å². The fraction of sp³-hybridized carbons (Fsp3) is 0.516. The van der Waals surface area contributed by atoms with E-state index in [1.54, 1.807) is 39.8 Å². The highest BCUT2D eigenvalue weighted by molar-refractivity contribution is 5.91. The fourth-order valence-corrected chi connectivity index (χ4v) is 5.11. The molecule has 0 spiro atoms. The van der Waals surface area contributed by atoms with Crippen LogP contribution < -0.4 is 16.1 Å². The lowest BCUT2D eigenvalue weighted by Gasteiger charge is -2.35. The molecule has 0 aliphatic carbocycles. The third-order valence-electron chi connectivity index (χ3n) is 7.69. The van der Waals surface area contributed by atoms with E-state index >= 15 is 0 Å². The molecule has 0 radical (unpaired) electrons. The average molecular weight is 580 g/mol. The van der Waals surface area contributed by atoms with E-state index in [0.29, 0.717) is 25.1 Å². The molecule has 3 N–H and O–H groups in total. The van der Waals surface area contributed by atoms with Gasteiger partial charge < -0.3 is 20.1 Å². The smallest absolute Gasteiger partial charge is 0.318 e. The number of benzene rings is 1. The van der Waals surface area contributed by atoms with Crippen molar-refractivity contribution in [3.63, 3.8) is 0 Å². The number of nitrogens with zero attached hydrogens (tertiary/aromatic N) is 2. The molecule has 3 heterocycles. The number of fused-ring (bicyclic) bond motifs is 4. The third-order valence-corrected chi connectivity index (χ3v) is 7.69. The Hall–Kier alpha value is -3.83. The number of ether oxygens (including phenoxy) is 2. The number of amides is 3. The van der Waals surface area contributed by atoms with Crippen molar-refractivity contribution in [1.82, 2.24) is 26.1 Å². The van der Waals surface area contributed by atoms with E-state index in [9.17, 15) is 19.2 Å². The molecule has 4 rings (SSSR count). The Bertz CT molecular complexity index is 1380. The first kappa shape index (κ1) is 31.1. The summed E-state index contributed by atoms with van der Waals surface area (Å²) in [5.74, 6) is -2.21. The zero-order chi connectivity index (χ0) is 30.6. The van der Waals surface area contributed by atoms with Crippen LogP contribution >= 0.6 is 0 Å². The summed E-state index contributed by atoms with van der Waals surface area (Å²) >= 11 is 0. The first-order valence-corrected chi connectivity index (χ1v) is 14.4. The number of carbonyl (C=O) groups is 4. The molecule has 1 fully saturated rings. The van der Waals surface area contributed by atoms with E-state index in [1.807, 2.05) is 37.3 Å². The summed E-state index contributed by atoms with van der Waals surface area (Å²) in [5.41, 5.74) is 4.05. The van der Waals surface area contributed by atoms with Crippen LogP contribution in [0.25, 0.3) is 17.0 Å². The normalized spacial score (nSPS) is 28.0. The maximum Gasteiger partial charge on any atom is 0.318 e. The Balaban J connectivity index is 1.74. The number of methoxy groups -OCH3 is 1. The predicted octanol–water partition coefficient (Wildman–Crippen LogP) is 2.66. The molecule has 0 unspecified atom stereocenters. The lowest BCUT2D eigenvalue weighted by molar-refractivity contribution is -0.168. The Morgan fingerprint density at radius 3 is 2.50 bits per heavy atom. The van der Waals surface area contributed by atoms with E-state index in [2.05, 4.69) is 16.1 Å². The number of rotatable bonds is 3. The van der Waals surface area contributed by atoms with Crippen molar-refractivity contribution in [3.8, 4) is 0 Å². The Labute approximate surface area is 246 Å². The zero-order valence-electron chi connectivity index (χ0n) is 25.1. The molecule has 2 aliphatic rings.